The summed E-state index contributed by atoms with van der Waals surface area (Å²) in [5.74, 6) is 0.161. The summed E-state index contributed by atoms with van der Waals surface area (Å²) < 4.78 is 6.54. The van der Waals surface area contributed by atoms with Crippen molar-refractivity contribution < 1.29 is 9.84 Å². The van der Waals surface area contributed by atoms with Gasteiger partial charge in [0.2, 0.25) is 5.88 Å². The molecule has 1 heterocycles. The Labute approximate surface area is 167 Å². The van der Waals surface area contributed by atoms with Gasteiger partial charge < -0.3 is 9.84 Å². The fourth-order valence-corrected chi connectivity index (χ4v) is 3.72. The van der Waals surface area contributed by atoms with Gasteiger partial charge in [0.15, 0.2) is 5.69 Å². The molecule has 1 aliphatic rings. The third-order valence-corrected chi connectivity index (χ3v) is 5.29. The van der Waals surface area contributed by atoms with Gasteiger partial charge in [0.25, 0.3) is 5.56 Å². The van der Waals surface area contributed by atoms with Gasteiger partial charge in [-0.2, -0.15) is 5.26 Å². The Kier molecular flexibility index (Phi) is 6.00. The predicted octanol–water partition coefficient (Wildman–Crippen LogP) is 5.32. The second kappa shape index (κ2) is 8.44. The number of azo groups is 1. The van der Waals surface area contributed by atoms with Crippen molar-refractivity contribution >= 4 is 23.0 Å². The molecule has 0 saturated heterocycles. The molecule has 7 nitrogen and oxygen atoms in total. The van der Waals surface area contributed by atoms with Crippen LogP contribution < -0.4 is 10.3 Å². The Bertz CT molecular complexity index is 1020. The lowest BCUT2D eigenvalue weighted by molar-refractivity contribution is 0.303. The first kappa shape index (κ1) is 19.9. The lowest BCUT2D eigenvalue weighted by atomic mass is 9.94. The molecule has 8 heteroatoms. The first-order valence-electron chi connectivity index (χ1n) is 9.11. The highest BCUT2D eigenvalue weighted by atomic mass is 35.5. The first-order valence-corrected chi connectivity index (χ1v) is 9.49. The van der Waals surface area contributed by atoms with Gasteiger partial charge in [-0.3, -0.25) is 9.36 Å². The number of ether oxygens (including phenoxy) is 1. The van der Waals surface area contributed by atoms with Crippen LogP contribution >= 0.6 is 11.6 Å². The Morgan fingerprint density at radius 2 is 2.00 bits per heavy atom. The Hall–Kier alpha value is -2.85. The number of nitrogens with zero attached hydrogens (tertiary/aromatic N) is 4. The molecular weight excluding hydrogens is 380 g/mol. The van der Waals surface area contributed by atoms with Gasteiger partial charge >= 0.3 is 0 Å². The van der Waals surface area contributed by atoms with Gasteiger partial charge in [0.05, 0.1) is 7.11 Å². The summed E-state index contributed by atoms with van der Waals surface area (Å²) in [6.45, 7) is 1.58. The van der Waals surface area contributed by atoms with Gasteiger partial charge in [-0.1, -0.05) is 30.9 Å². The molecule has 0 amide bonds. The van der Waals surface area contributed by atoms with E-state index in [9.17, 15) is 15.2 Å². The van der Waals surface area contributed by atoms with Crippen LogP contribution in [0.1, 0.15) is 49.3 Å². The van der Waals surface area contributed by atoms with E-state index in [2.05, 4.69) is 10.2 Å². The molecule has 1 N–H and O–H groups in total. The summed E-state index contributed by atoms with van der Waals surface area (Å²) in [5, 5.41) is 28.8. The number of hydrogen-bond donors (Lipinski definition) is 1. The molecule has 1 saturated carbocycles. The molecule has 0 radical (unpaired) electrons. The van der Waals surface area contributed by atoms with Crippen LogP contribution in [0.3, 0.4) is 0 Å². The third-order valence-electron chi connectivity index (χ3n) is 5.05. The summed E-state index contributed by atoms with van der Waals surface area (Å²) in [7, 11) is 1.50. The Balaban J connectivity index is 2.15. The van der Waals surface area contributed by atoms with Crippen LogP contribution in [0.5, 0.6) is 11.6 Å². The van der Waals surface area contributed by atoms with E-state index in [0.29, 0.717) is 22.0 Å². The van der Waals surface area contributed by atoms with Crippen molar-refractivity contribution in [1.82, 2.24) is 4.57 Å². The third kappa shape index (κ3) is 3.73. The van der Waals surface area contributed by atoms with Gasteiger partial charge in [-0.05, 0) is 38.0 Å². The van der Waals surface area contributed by atoms with Crippen molar-refractivity contribution in [2.24, 2.45) is 10.2 Å². The van der Waals surface area contributed by atoms with Crippen LogP contribution in [-0.4, -0.2) is 16.8 Å². The maximum absolute atomic E-state index is 13.1. The fraction of sp³-hybridized carbons (Fsp3) is 0.400. The number of benzene rings is 1. The van der Waals surface area contributed by atoms with E-state index in [-0.39, 0.29) is 23.2 Å². The van der Waals surface area contributed by atoms with Gasteiger partial charge in [0.1, 0.15) is 23.1 Å². The predicted molar refractivity (Wildman–Crippen MR) is 106 cm³/mol. The molecule has 1 aromatic heterocycles. The Morgan fingerprint density at radius 3 is 2.64 bits per heavy atom. The molecule has 0 aliphatic heterocycles. The monoisotopic (exact) mass is 400 g/mol. The zero-order valence-corrected chi connectivity index (χ0v) is 16.5. The van der Waals surface area contributed by atoms with Crippen molar-refractivity contribution in [2.75, 3.05) is 7.11 Å². The lowest BCUT2D eigenvalue weighted by Crippen LogP contribution is -2.27. The molecule has 0 unspecified atom stereocenters. The minimum absolute atomic E-state index is 0.0296. The van der Waals surface area contributed by atoms with Crippen LogP contribution in [0.4, 0.5) is 11.4 Å². The highest BCUT2D eigenvalue weighted by Gasteiger charge is 2.25. The van der Waals surface area contributed by atoms with E-state index < -0.39 is 5.56 Å². The topological polar surface area (TPSA) is 100.0 Å². The molecule has 2 aromatic rings. The maximum atomic E-state index is 13.1. The number of methoxy groups -OCH3 is 1. The van der Waals surface area contributed by atoms with E-state index in [1.54, 1.807) is 25.1 Å². The molecule has 1 aliphatic carbocycles. The zero-order chi connectivity index (χ0) is 20.3. The first-order chi connectivity index (χ1) is 13.5. The molecule has 3 rings (SSSR count). The fourth-order valence-electron chi connectivity index (χ4n) is 3.55. The molecule has 28 heavy (non-hydrogen) atoms. The van der Waals surface area contributed by atoms with Crippen LogP contribution in [0.2, 0.25) is 5.02 Å². The smallest absolute Gasteiger partial charge is 0.281 e. The average molecular weight is 401 g/mol. The molecule has 0 bridgehead atoms. The van der Waals surface area contributed by atoms with E-state index in [1.807, 2.05) is 6.07 Å². The van der Waals surface area contributed by atoms with E-state index >= 15 is 0 Å². The quantitative estimate of drug-likeness (QED) is 0.702. The van der Waals surface area contributed by atoms with Crippen molar-refractivity contribution in [3.05, 3.63) is 44.7 Å². The molecule has 0 spiro atoms. The summed E-state index contributed by atoms with van der Waals surface area (Å²) in [5.41, 5.74) is 0.274. The minimum Gasteiger partial charge on any atom is -0.494 e. The van der Waals surface area contributed by atoms with Crippen molar-refractivity contribution in [1.29, 1.82) is 5.26 Å². The molecular formula is C20H21ClN4O3. The standard InChI is InChI=1S/C20H21ClN4O3/c1-12-15(11-22)19(26)25(14-6-4-3-5-7-14)20(27)18(12)24-23-16-10-13(21)8-9-17(16)28-2/h8-10,14,26H,3-7H2,1-2H3. The number of halogens is 1. The highest BCUT2D eigenvalue weighted by Crippen LogP contribution is 2.35. The van der Waals surface area contributed by atoms with E-state index in [1.165, 1.54) is 11.7 Å². The zero-order valence-electron chi connectivity index (χ0n) is 15.8. The largest absolute Gasteiger partial charge is 0.494 e. The Morgan fingerprint density at radius 1 is 1.29 bits per heavy atom. The number of hydrogen-bond acceptors (Lipinski definition) is 6. The SMILES string of the molecule is COc1ccc(Cl)cc1N=Nc1c(C)c(C#N)c(O)n(C2CCCCC2)c1=O. The minimum atomic E-state index is -0.453. The van der Waals surface area contributed by atoms with Crippen LogP contribution in [0, 0.1) is 18.3 Å². The molecule has 146 valence electrons. The number of pyridine rings is 1. The van der Waals surface area contributed by atoms with E-state index in [4.69, 9.17) is 16.3 Å². The normalized spacial score (nSPS) is 14.9. The lowest BCUT2D eigenvalue weighted by Gasteiger charge is -2.25. The van der Waals surface area contributed by atoms with Crippen molar-refractivity contribution in [2.45, 2.75) is 45.1 Å². The maximum Gasteiger partial charge on any atom is 0.281 e. The van der Waals surface area contributed by atoms with Crippen molar-refractivity contribution in [3.8, 4) is 17.7 Å². The number of rotatable bonds is 4. The van der Waals surface area contributed by atoms with Gasteiger partial charge in [-0.25, -0.2) is 0 Å². The van der Waals surface area contributed by atoms with Crippen LogP contribution in [-0.2, 0) is 0 Å². The molecule has 1 fully saturated rings. The second-order valence-corrected chi connectivity index (χ2v) is 7.20. The average Bonchev–Trinajstić information content (AvgIpc) is 2.69. The van der Waals surface area contributed by atoms with Crippen LogP contribution in [0.25, 0.3) is 0 Å². The summed E-state index contributed by atoms with van der Waals surface area (Å²) in [4.78, 5) is 13.1. The van der Waals surface area contributed by atoms with E-state index in [0.717, 1.165) is 32.1 Å². The van der Waals surface area contributed by atoms with Crippen LogP contribution in [0.15, 0.2) is 33.2 Å². The number of nitriles is 1. The summed E-state index contributed by atoms with van der Waals surface area (Å²) in [6, 6.07) is 6.72. The number of aromatic hydroxyl groups is 1. The van der Waals surface area contributed by atoms with Crippen molar-refractivity contribution in [3.63, 3.8) is 0 Å². The molecule has 0 atom stereocenters. The summed E-state index contributed by atoms with van der Waals surface area (Å²) in [6.07, 6.45) is 4.61. The van der Waals surface area contributed by atoms with Gasteiger partial charge in [-0.15, -0.1) is 10.2 Å². The summed E-state index contributed by atoms with van der Waals surface area (Å²) >= 11 is 6.01. The molecule has 1 aromatic carbocycles. The second-order valence-electron chi connectivity index (χ2n) is 6.77. The van der Waals surface area contributed by atoms with Gasteiger partial charge in [0, 0.05) is 16.6 Å². The highest BCUT2D eigenvalue weighted by molar-refractivity contribution is 6.30. The number of aromatic nitrogens is 1.